The van der Waals surface area contributed by atoms with Gasteiger partial charge in [-0.3, -0.25) is 0 Å². The minimum Gasteiger partial charge on any atom is -0.377 e. The van der Waals surface area contributed by atoms with Crippen LogP contribution in [0.1, 0.15) is 59.3 Å². The molecule has 1 atom stereocenters. The quantitative estimate of drug-likeness (QED) is 0.387. The van der Waals surface area contributed by atoms with Crippen LogP contribution in [0.25, 0.3) is 0 Å². The van der Waals surface area contributed by atoms with Crippen LogP contribution >= 0.6 is 12.6 Å². The Morgan fingerprint density at radius 1 is 1.00 bits per heavy atom. The van der Waals surface area contributed by atoms with Gasteiger partial charge in [0.25, 0.3) is 0 Å². The summed E-state index contributed by atoms with van der Waals surface area (Å²) in [5.74, 6) is 0. The first-order valence-electron chi connectivity index (χ1n) is 8.87. The third-order valence-electron chi connectivity index (χ3n) is 4.49. The van der Waals surface area contributed by atoms with Gasteiger partial charge < -0.3 is 19.5 Å². The molecule has 2 aliphatic carbocycles. The molecule has 2 fully saturated rings. The first-order valence-corrected chi connectivity index (χ1v) is 9.38. The standard InChI is InChI=1S/C17H33NO3S/c1-12(2)19-9-8-18-14-4-6-15(7-5-14)21-17-10-16(11-17)20-13(3)22/h12-18,22H,4-11H2,1-3H3. The molecule has 5 heteroatoms. The van der Waals surface area contributed by atoms with Crippen LogP contribution in [0.2, 0.25) is 0 Å². The molecule has 0 amide bonds. The summed E-state index contributed by atoms with van der Waals surface area (Å²) in [6.45, 7) is 7.89. The Bertz CT molecular complexity index is 300. The Kier molecular flexibility index (Phi) is 7.98. The highest BCUT2D eigenvalue weighted by atomic mass is 32.1. The molecule has 0 heterocycles. The van der Waals surface area contributed by atoms with Crippen molar-refractivity contribution in [3.63, 3.8) is 0 Å². The van der Waals surface area contributed by atoms with Crippen LogP contribution in [0.15, 0.2) is 0 Å². The molecule has 1 unspecified atom stereocenters. The Labute approximate surface area is 141 Å². The average molecular weight is 332 g/mol. The van der Waals surface area contributed by atoms with Crippen molar-refractivity contribution < 1.29 is 14.2 Å². The molecule has 1 N–H and O–H groups in total. The molecule has 0 aromatic rings. The molecular formula is C17H33NO3S. The zero-order valence-electron chi connectivity index (χ0n) is 14.3. The van der Waals surface area contributed by atoms with Crippen molar-refractivity contribution in [2.45, 2.75) is 95.2 Å². The van der Waals surface area contributed by atoms with Crippen molar-refractivity contribution in [1.82, 2.24) is 5.32 Å². The van der Waals surface area contributed by atoms with Crippen LogP contribution in [0.3, 0.4) is 0 Å². The normalized spacial score (nSPS) is 33.7. The molecule has 2 aliphatic rings. The smallest absolute Gasteiger partial charge is 0.0975 e. The summed E-state index contributed by atoms with van der Waals surface area (Å²) in [7, 11) is 0. The molecule has 0 aromatic carbocycles. The lowest BCUT2D eigenvalue weighted by Crippen LogP contribution is -2.43. The summed E-state index contributed by atoms with van der Waals surface area (Å²) in [5, 5.41) is 3.60. The molecule has 0 spiro atoms. The van der Waals surface area contributed by atoms with E-state index in [0.717, 1.165) is 26.0 Å². The van der Waals surface area contributed by atoms with Crippen molar-refractivity contribution in [3.05, 3.63) is 0 Å². The highest BCUT2D eigenvalue weighted by molar-refractivity contribution is 7.80. The maximum atomic E-state index is 6.19. The van der Waals surface area contributed by atoms with Crippen molar-refractivity contribution in [2.24, 2.45) is 0 Å². The minimum absolute atomic E-state index is 0.0344. The van der Waals surface area contributed by atoms with Crippen LogP contribution in [-0.2, 0) is 14.2 Å². The van der Waals surface area contributed by atoms with Gasteiger partial charge in [0.1, 0.15) is 0 Å². The maximum absolute atomic E-state index is 6.19. The Morgan fingerprint density at radius 3 is 2.27 bits per heavy atom. The second-order valence-electron chi connectivity index (χ2n) is 6.93. The van der Waals surface area contributed by atoms with E-state index in [0.29, 0.717) is 30.5 Å². The molecule has 130 valence electrons. The van der Waals surface area contributed by atoms with Crippen LogP contribution in [0, 0.1) is 0 Å². The lowest BCUT2D eigenvalue weighted by atomic mass is 9.89. The van der Waals surface area contributed by atoms with Gasteiger partial charge in [-0.25, -0.2) is 0 Å². The van der Waals surface area contributed by atoms with E-state index in [4.69, 9.17) is 14.2 Å². The van der Waals surface area contributed by atoms with E-state index in [1.165, 1.54) is 25.7 Å². The van der Waals surface area contributed by atoms with Gasteiger partial charge in [-0.2, -0.15) is 0 Å². The number of nitrogens with one attached hydrogen (secondary N) is 1. The largest absolute Gasteiger partial charge is 0.377 e. The van der Waals surface area contributed by atoms with E-state index in [-0.39, 0.29) is 5.44 Å². The maximum Gasteiger partial charge on any atom is 0.0975 e. The number of rotatable bonds is 9. The summed E-state index contributed by atoms with van der Waals surface area (Å²) < 4.78 is 17.4. The van der Waals surface area contributed by atoms with E-state index >= 15 is 0 Å². The molecule has 0 radical (unpaired) electrons. The predicted molar refractivity (Wildman–Crippen MR) is 92.6 cm³/mol. The first-order chi connectivity index (χ1) is 10.5. The number of hydrogen-bond acceptors (Lipinski definition) is 5. The van der Waals surface area contributed by atoms with Crippen LogP contribution in [-0.4, -0.2) is 49.0 Å². The molecule has 0 aromatic heterocycles. The first kappa shape index (κ1) is 18.5. The molecule has 22 heavy (non-hydrogen) atoms. The number of ether oxygens (including phenoxy) is 3. The van der Waals surface area contributed by atoms with Gasteiger partial charge in [-0.05, 0) is 46.5 Å². The van der Waals surface area contributed by atoms with Gasteiger partial charge >= 0.3 is 0 Å². The molecule has 0 aliphatic heterocycles. The van der Waals surface area contributed by atoms with E-state index in [2.05, 4.69) is 31.8 Å². The van der Waals surface area contributed by atoms with E-state index in [1.54, 1.807) is 0 Å². The minimum atomic E-state index is 0.0344. The Hall–Kier alpha value is 0.190. The second kappa shape index (κ2) is 9.48. The van der Waals surface area contributed by atoms with E-state index in [9.17, 15) is 0 Å². The van der Waals surface area contributed by atoms with Gasteiger partial charge in [0.15, 0.2) is 0 Å². The average Bonchev–Trinajstić information content (AvgIpc) is 2.42. The van der Waals surface area contributed by atoms with Crippen molar-refractivity contribution in [1.29, 1.82) is 0 Å². The van der Waals surface area contributed by atoms with Gasteiger partial charge in [-0.1, -0.05) is 0 Å². The van der Waals surface area contributed by atoms with Gasteiger partial charge in [0.2, 0.25) is 0 Å². The molecule has 4 nitrogen and oxygen atoms in total. The summed E-state index contributed by atoms with van der Waals surface area (Å²) in [5.41, 5.74) is 0.0344. The van der Waals surface area contributed by atoms with E-state index in [1.807, 2.05) is 6.92 Å². The zero-order valence-corrected chi connectivity index (χ0v) is 15.2. The fourth-order valence-corrected chi connectivity index (χ4v) is 3.42. The molecule has 2 saturated carbocycles. The van der Waals surface area contributed by atoms with Gasteiger partial charge in [0.05, 0.1) is 36.5 Å². The van der Waals surface area contributed by atoms with Crippen LogP contribution in [0.4, 0.5) is 0 Å². The summed E-state index contributed by atoms with van der Waals surface area (Å²) >= 11 is 4.26. The predicted octanol–water partition coefficient (Wildman–Crippen LogP) is 3.15. The molecular weight excluding hydrogens is 298 g/mol. The fourth-order valence-electron chi connectivity index (χ4n) is 3.25. The third-order valence-corrected chi connectivity index (χ3v) is 4.61. The highest BCUT2D eigenvalue weighted by Gasteiger charge is 2.34. The molecule has 0 bridgehead atoms. The number of hydrogen-bond donors (Lipinski definition) is 2. The zero-order chi connectivity index (χ0) is 15.9. The fraction of sp³-hybridized carbons (Fsp3) is 1.00. The summed E-state index contributed by atoms with van der Waals surface area (Å²) in [4.78, 5) is 0. The van der Waals surface area contributed by atoms with Crippen LogP contribution < -0.4 is 5.32 Å². The lowest BCUT2D eigenvalue weighted by molar-refractivity contribution is -0.135. The van der Waals surface area contributed by atoms with Gasteiger partial charge in [-0.15, -0.1) is 12.6 Å². The second-order valence-corrected chi connectivity index (χ2v) is 7.66. The summed E-state index contributed by atoms with van der Waals surface area (Å²) in [6.07, 6.45) is 8.39. The van der Waals surface area contributed by atoms with Crippen molar-refractivity contribution in [3.8, 4) is 0 Å². The van der Waals surface area contributed by atoms with E-state index < -0.39 is 0 Å². The Balaban J connectivity index is 1.49. The van der Waals surface area contributed by atoms with Gasteiger partial charge in [0, 0.05) is 25.4 Å². The molecule has 2 rings (SSSR count). The topological polar surface area (TPSA) is 39.7 Å². The number of thiol groups is 1. The highest BCUT2D eigenvalue weighted by Crippen LogP contribution is 2.32. The summed E-state index contributed by atoms with van der Waals surface area (Å²) in [6, 6.07) is 0.637. The van der Waals surface area contributed by atoms with Crippen LogP contribution in [0.5, 0.6) is 0 Å². The third kappa shape index (κ3) is 6.75. The van der Waals surface area contributed by atoms with Crippen molar-refractivity contribution >= 4 is 12.6 Å². The van der Waals surface area contributed by atoms with Crippen molar-refractivity contribution in [2.75, 3.05) is 13.2 Å². The molecule has 0 saturated heterocycles. The monoisotopic (exact) mass is 331 g/mol. The SMILES string of the molecule is CC(C)OCCNC1CCC(OC2CC(OC(C)S)C2)CC1. The lowest BCUT2D eigenvalue weighted by Gasteiger charge is -2.39. The Morgan fingerprint density at radius 2 is 1.68 bits per heavy atom.